The Morgan fingerprint density at radius 3 is 2.32 bits per heavy atom. The molecule has 0 saturated heterocycles. The van der Waals surface area contributed by atoms with Crippen LogP contribution in [0.3, 0.4) is 0 Å². The topological polar surface area (TPSA) is 66.5 Å². The van der Waals surface area contributed by atoms with Crippen LogP contribution in [0.15, 0.2) is 45.8 Å². The molecule has 2 aromatic rings. The van der Waals surface area contributed by atoms with E-state index in [-0.39, 0.29) is 5.56 Å². The van der Waals surface area contributed by atoms with Crippen LogP contribution in [0.2, 0.25) is 0 Å². The number of anilines is 1. The van der Waals surface area contributed by atoms with E-state index in [0.29, 0.717) is 16.1 Å². The molecule has 1 N–H and O–H groups in total. The third-order valence-electron chi connectivity index (χ3n) is 4.05. The van der Waals surface area contributed by atoms with Gasteiger partial charge in [0.2, 0.25) is 15.9 Å². The predicted octanol–water partition coefficient (Wildman–Crippen LogP) is 4.34. The van der Waals surface area contributed by atoms with Gasteiger partial charge < -0.3 is 5.32 Å². The standard InChI is InChI=1S/C18H18BrF3N2O3S/c1-11-4-6-14(9-15(11)18(20,21)22)28(26,27)24(3)10-17(25)23-16-7-5-13(19)8-12(16)2/h4-9H,10H2,1-3H3,(H,23,25). The Morgan fingerprint density at radius 2 is 1.75 bits per heavy atom. The summed E-state index contributed by atoms with van der Waals surface area (Å²) in [5, 5.41) is 2.59. The Morgan fingerprint density at radius 1 is 1.11 bits per heavy atom. The van der Waals surface area contributed by atoms with Crippen LogP contribution in [-0.4, -0.2) is 32.2 Å². The van der Waals surface area contributed by atoms with Gasteiger partial charge in [-0.2, -0.15) is 17.5 Å². The highest BCUT2D eigenvalue weighted by atomic mass is 79.9. The Labute approximate surface area is 169 Å². The number of halogens is 4. The number of aryl methyl sites for hydroxylation is 2. The molecule has 5 nitrogen and oxygen atoms in total. The van der Waals surface area contributed by atoms with Crippen molar-refractivity contribution in [3.8, 4) is 0 Å². The van der Waals surface area contributed by atoms with Crippen molar-refractivity contribution < 1.29 is 26.4 Å². The van der Waals surface area contributed by atoms with Crippen molar-refractivity contribution in [3.63, 3.8) is 0 Å². The zero-order valence-corrected chi connectivity index (χ0v) is 17.7. The number of sulfonamides is 1. The molecule has 10 heteroatoms. The van der Waals surface area contributed by atoms with E-state index in [1.165, 1.54) is 6.92 Å². The number of amides is 1. The van der Waals surface area contributed by atoms with Crippen molar-refractivity contribution in [2.24, 2.45) is 0 Å². The summed E-state index contributed by atoms with van der Waals surface area (Å²) in [6.07, 6.45) is -4.68. The molecular formula is C18H18BrF3N2O3S. The van der Waals surface area contributed by atoms with Crippen LogP contribution in [0.5, 0.6) is 0 Å². The number of carbonyl (C=O) groups excluding carboxylic acids is 1. The molecule has 152 valence electrons. The number of benzene rings is 2. The van der Waals surface area contributed by atoms with E-state index in [1.54, 1.807) is 25.1 Å². The van der Waals surface area contributed by atoms with Crippen molar-refractivity contribution in [2.45, 2.75) is 24.9 Å². The Balaban J connectivity index is 2.21. The summed E-state index contributed by atoms with van der Waals surface area (Å²) in [5.74, 6) is -0.611. The second-order valence-corrected chi connectivity index (χ2v) is 9.20. The fourth-order valence-corrected chi connectivity index (χ4v) is 4.12. The maximum atomic E-state index is 13.1. The van der Waals surface area contributed by atoms with E-state index in [9.17, 15) is 26.4 Å². The van der Waals surface area contributed by atoms with Crippen LogP contribution < -0.4 is 5.32 Å². The van der Waals surface area contributed by atoms with Gasteiger partial charge in [-0.3, -0.25) is 4.79 Å². The first-order chi connectivity index (χ1) is 12.8. The largest absolute Gasteiger partial charge is 0.416 e. The second kappa shape index (κ2) is 8.22. The normalized spacial score (nSPS) is 12.3. The molecule has 0 spiro atoms. The molecule has 2 rings (SSSR count). The lowest BCUT2D eigenvalue weighted by molar-refractivity contribution is -0.138. The zero-order valence-electron chi connectivity index (χ0n) is 15.3. The van der Waals surface area contributed by atoms with Gasteiger partial charge in [0.1, 0.15) is 0 Å². The van der Waals surface area contributed by atoms with Crippen molar-refractivity contribution in [2.75, 3.05) is 18.9 Å². The predicted molar refractivity (Wildman–Crippen MR) is 104 cm³/mol. The van der Waals surface area contributed by atoms with Crippen molar-refractivity contribution >= 4 is 37.5 Å². The van der Waals surface area contributed by atoms with Crippen LogP contribution >= 0.6 is 15.9 Å². The number of alkyl halides is 3. The van der Waals surface area contributed by atoms with Gasteiger partial charge in [0.15, 0.2) is 0 Å². The maximum Gasteiger partial charge on any atom is 0.416 e. The first-order valence-electron chi connectivity index (χ1n) is 8.02. The zero-order chi connectivity index (χ0) is 21.3. The van der Waals surface area contributed by atoms with E-state index in [1.807, 2.05) is 0 Å². The molecule has 28 heavy (non-hydrogen) atoms. The smallest absolute Gasteiger partial charge is 0.325 e. The second-order valence-electron chi connectivity index (χ2n) is 6.24. The molecule has 0 unspecified atom stereocenters. The van der Waals surface area contributed by atoms with Gasteiger partial charge in [-0.05, 0) is 55.3 Å². The number of hydrogen-bond acceptors (Lipinski definition) is 3. The molecule has 1 amide bonds. The molecule has 0 heterocycles. The van der Waals surface area contributed by atoms with Gasteiger partial charge >= 0.3 is 6.18 Å². The summed E-state index contributed by atoms with van der Waals surface area (Å²) in [6.45, 7) is 2.47. The van der Waals surface area contributed by atoms with E-state index in [0.717, 1.165) is 29.2 Å². The molecule has 0 aliphatic carbocycles. The minimum Gasteiger partial charge on any atom is -0.325 e. The molecule has 0 aliphatic rings. The van der Waals surface area contributed by atoms with Gasteiger partial charge in [0.05, 0.1) is 17.0 Å². The summed E-state index contributed by atoms with van der Waals surface area (Å²) in [6, 6.07) is 7.91. The lowest BCUT2D eigenvalue weighted by atomic mass is 10.1. The summed E-state index contributed by atoms with van der Waals surface area (Å²) in [7, 11) is -3.14. The minimum absolute atomic E-state index is 0.0856. The summed E-state index contributed by atoms with van der Waals surface area (Å²) in [5.41, 5.74) is 0.157. The first-order valence-corrected chi connectivity index (χ1v) is 10.3. The molecule has 0 saturated carbocycles. The average molecular weight is 479 g/mol. The Bertz CT molecular complexity index is 1010. The maximum absolute atomic E-state index is 13.1. The molecule has 0 bridgehead atoms. The highest BCUT2D eigenvalue weighted by molar-refractivity contribution is 9.10. The number of nitrogens with zero attached hydrogens (tertiary/aromatic N) is 1. The van der Waals surface area contributed by atoms with Crippen LogP contribution in [0.25, 0.3) is 0 Å². The Hall–Kier alpha value is -1.91. The molecule has 2 aromatic carbocycles. The van der Waals surface area contributed by atoms with Crippen LogP contribution in [0, 0.1) is 13.8 Å². The molecule has 0 fully saturated rings. The molecule has 0 aliphatic heterocycles. The van der Waals surface area contributed by atoms with Gasteiger partial charge in [0, 0.05) is 17.2 Å². The molecule has 0 atom stereocenters. The van der Waals surface area contributed by atoms with E-state index < -0.39 is 39.1 Å². The highest BCUT2D eigenvalue weighted by Gasteiger charge is 2.34. The molecular weight excluding hydrogens is 461 g/mol. The first kappa shape index (κ1) is 22.4. The number of hydrogen-bond donors (Lipinski definition) is 1. The quantitative estimate of drug-likeness (QED) is 0.694. The number of likely N-dealkylation sites (N-methyl/N-ethyl adjacent to an activating group) is 1. The van der Waals surface area contributed by atoms with Crippen LogP contribution in [0.1, 0.15) is 16.7 Å². The van der Waals surface area contributed by atoms with Crippen LogP contribution in [-0.2, 0) is 21.0 Å². The Kier molecular flexibility index (Phi) is 6.57. The van der Waals surface area contributed by atoms with Crippen molar-refractivity contribution in [3.05, 3.63) is 57.6 Å². The average Bonchev–Trinajstić information content (AvgIpc) is 2.56. The monoisotopic (exact) mass is 478 g/mol. The summed E-state index contributed by atoms with van der Waals surface area (Å²) >= 11 is 3.30. The lowest BCUT2D eigenvalue weighted by Crippen LogP contribution is -2.35. The van der Waals surface area contributed by atoms with E-state index in [4.69, 9.17) is 0 Å². The van der Waals surface area contributed by atoms with Gasteiger partial charge in [0.25, 0.3) is 0 Å². The van der Waals surface area contributed by atoms with Gasteiger partial charge in [-0.1, -0.05) is 22.0 Å². The third kappa shape index (κ3) is 5.12. The lowest BCUT2D eigenvalue weighted by Gasteiger charge is -2.19. The van der Waals surface area contributed by atoms with Gasteiger partial charge in [-0.25, -0.2) is 8.42 Å². The highest BCUT2D eigenvalue weighted by Crippen LogP contribution is 2.33. The number of carbonyl (C=O) groups is 1. The summed E-state index contributed by atoms with van der Waals surface area (Å²) in [4.78, 5) is 11.7. The van der Waals surface area contributed by atoms with Gasteiger partial charge in [-0.15, -0.1) is 0 Å². The summed E-state index contributed by atoms with van der Waals surface area (Å²) < 4.78 is 65.9. The van der Waals surface area contributed by atoms with E-state index in [2.05, 4.69) is 21.2 Å². The SMILES string of the molecule is Cc1cc(Br)ccc1NC(=O)CN(C)S(=O)(=O)c1ccc(C)c(C(F)(F)F)c1. The molecule has 0 aromatic heterocycles. The van der Waals surface area contributed by atoms with E-state index >= 15 is 0 Å². The van der Waals surface area contributed by atoms with Crippen molar-refractivity contribution in [1.29, 1.82) is 0 Å². The number of nitrogens with one attached hydrogen (secondary N) is 1. The molecule has 0 radical (unpaired) electrons. The minimum atomic E-state index is -4.68. The fraction of sp³-hybridized carbons (Fsp3) is 0.278. The fourth-order valence-electron chi connectivity index (χ4n) is 2.49. The number of rotatable bonds is 5. The van der Waals surface area contributed by atoms with Crippen molar-refractivity contribution in [1.82, 2.24) is 4.31 Å². The van der Waals surface area contributed by atoms with Crippen LogP contribution in [0.4, 0.5) is 18.9 Å². The third-order valence-corrected chi connectivity index (χ3v) is 6.34.